The third-order valence-corrected chi connectivity index (χ3v) is 4.24. The van der Waals surface area contributed by atoms with Crippen LogP contribution in [0.25, 0.3) is 11.4 Å². The summed E-state index contributed by atoms with van der Waals surface area (Å²) in [4.78, 5) is 13.5. The fraction of sp³-hybridized carbons (Fsp3) is 0.300. The SMILES string of the molecule is Cc1ccccc1-c1nnn(CC(=O)N[C@H](C)CCc2ccccc2)n1. The summed E-state index contributed by atoms with van der Waals surface area (Å²) in [6, 6.07) is 18.2. The highest BCUT2D eigenvalue weighted by atomic mass is 16.2. The van der Waals surface area contributed by atoms with Crippen molar-refractivity contribution in [3.8, 4) is 11.4 Å². The Morgan fingerprint density at radius 2 is 1.85 bits per heavy atom. The van der Waals surface area contributed by atoms with E-state index in [1.807, 2.05) is 56.3 Å². The quantitative estimate of drug-likeness (QED) is 0.712. The lowest BCUT2D eigenvalue weighted by atomic mass is 10.1. The van der Waals surface area contributed by atoms with Crippen molar-refractivity contribution in [2.45, 2.75) is 39.3 Å². The summed E-state index contributed by atoms with van der Waals surface area (Å²) in [5, 5.41) is 15.4. The number of carbonyl (C=O) groups is 1. The number of aryl methyl sites for hydroxylation is 2. The molecule has 26 heavy (non-hydrogen) atoms. The lowest BCUT2D eigenvalue weighted by molar-refractivity contribution is -0.122. The molecule has 0 bridgehead atoms. The molecule has 1 heterocycles. The van der Waals surface area contributed by atoms with E-state index in [0.717, 1.165) is 24.0 Å². The van der Waals surface area contributed by atoms with Gasteiger partial charge in [0, 0.05) is 11.6 Å². The number of benzene rings is 2. The first kappa shape index (κ1) is 17.8. The van der Waals surface area contributed by atoms with Crippen molar-refractivity contribution < 1.29 is 4.79 Å². The first-order valence-electron chi connectivity index (χ1n) is 8.79. The Kier molecular flexibility index (Phi) is 5.73. The number of hydrogen-bond donors (Lipinski definition) is 1. The predicted octanol–water partition coefficient (Wildman–Crippen LogP) is 2.79. The molecule has 134 valence electrons. The highest BCUT2D eigenvalue weighted by Gasteiger charge is 2.12. The van der Waals surface area contributed by atoms with Gasteiger partial charge in [-0.15, -0.1) is 10.2 Å². The van der Waals surface area contributed by atoms with Crippen molar-refractivity contribution in [3.63, 3.8) is 0 Å². The molecule has 1 aromatic heterocycles. The molecule has 6 nitrogen and oxygen atoms in total. The second-order valence-electron chi connectivity index (χ2n) is 6.45. The number of carbonyl (C=O) groups excluding carboxylic acids is 1. The van der Waals surface area contributed by atoms with Gasteiger partial charge in [0.25, 0.3) is 0 Å². The first-order chi connectivity index (χ1) is 12.6. The van der Waals surface area contributed by atoms with Crippen LogP contribution in [0.15, 0.2) is 54.6 Å². The monoisotopic (exact) mass is 349 g/mol. The van der Waals surface area contributed by atoms with E-state index in [-0.39, 0.29) is 18.5 Å². The largest absolute Gasteiger partial charge is 0.352 e. The van der Waals surface area contributed by atoms with Gasteiger partial charge in [0.15, 0.2) is 0 Å². The molecule has 1 N–H and O–H groups in total. The van der Waals surface area contributed by atoms with Gasteiger partial charge in [-0.1, -0.05) is 54.6 Å². The second kappa shape index (κ2) is 8.38. The molecular formula is C20H23N5O. The zero-order valence-corrected chi connectivity index (χ0v) is 15.1. The molecule has 0 aliphatic rings. The number of aromatic nitrogens is 4. The van der Waals surface area contributed by atoms with Gasteiger partial charge in [-0.05, 0) is 43.0 Å². The van der Waals surface area contributed by atoms with Gasteiger partial charge in [0.1, 0.15) is 6.54 Å². The Hall–Kier alpha value is -3.02. The van der Waals surface area contributed by atoms with Gasteiger partial charge in [0.05, 0.1) is 0 Å². The van der Waals surface area contributed by atoms with Crippen LogP contribution in [0.1, 0.15) is 24.5 Å². The fourth-order valence-electron chi connectivity index (χ4n) is 2.79. The number of hydrogen-bond acceptors (Lipinski definition) is 4. The molecule has 0 spiro atoms. The maximum Gasteiger partial charge on any atom is 0.243 e. The minimum Gasteiger partial charge on any atom is -0.352 e. The summed E-state index contributed by atoms with van der Waals surface area (Å²) in [7, 11) is 0. The maximum atomic E-state index is 12.2. The topological polar surface area (TPSA) is 72.7 Å². The summed E-state index contributed by atoms with van der Waals surface area (Å²) in [6.45, 7) is 4.07. The number of amides is 1. The van der Waals surface area contributed by atoms with Crippen LogP contribution in [0.4, 0.5) is 0 Å². The third kappa shape index (κ3) is 4.75. The second-order valence-corrected chi connectivity index (χ2v) is 6.45. The summed E-state index contributed by atoms with van der Waals surface area (Å²) >= 11 is 0. The van der Waals surface area contributed by atoms with Crippen molar-refractivity contribution in [3.05, 3.63) is 65.7 Å². The average Bonchev–Trinajstić information content (AvgIpc) is 3.09. The Bertz CT molecular complexity index is 859. The molecule has 3 rings (SSSR count). The standard InChI is InChI=1S/C20H23N5O/c1-15-8-6-7-11-18(15)20-22-24-25(23-20)14-19(26)21-16(2)12-13-17-9-4-3-5-10-17/h3-11,16H,12-14H2,1-2H3,(H,21,26)/t16-/m1/s1. The van der Waals surface area contributed by atoms with Crippen LogP contribution < -0.4 is 5.32 Å². The molecule has 1 amide bonds. The van der Waals surface area contributed by atoms with E-state index >= 15 is 0 Å². The van der Waals surface area contributed by atoms with Crippen molar-refractivity contribution in [1.82, 2.24) is 25.5 Å². The highest BCUT2D eigenvalue weighted by molar-refractivity contribution is 5.75. The molecule has 3 aromatic rings. The predicted molar refractivity (Wildman–Crippen MR) is 100 cm³/mol. The van der Waals surface area contributed by atoms with Crippen molar-refractivity contribution in [2.75, 3.05) is 0 Å². The van der Waals surface area contributed by atoms with Crippen LogP contribution >= 0.6 is 0 Å². The van der Waals surface area contributed by atoms with Crippen LogP contribution in [-0.2, 0) is 17.8 Å². The normalized spacial score (nSPS) is 11.9. The van der Waals surface area contributed by atoms with Gasteiger partial charge < -0.3 is 5.32 Å². The van der Waals surface area contributed by atoms with Crippen molar-refractivity contribution in [2.24, 2.45) is 0 Å². The molecule has 0 saturated heterocycles. The van der Waals surface area contributed by atoms with Crippen LogP contribution in [-0.4, -0.2) is 32.2 Å². The summed E-state index contributed by atoms with van der Waals surface area (Å²) < 4.78 is 0. The lowest BCUT2D eigenvalue weighted by Gasteiger charge is -2.13. The van der Waals surface area contributed by atoms with E-state index in [4.69, 9.17) is 0 Å². The number of nitrogens with zero attached hydrogens (tertiary/aromatic N) is 4. The van der Waals surface area contributed by atoms with E-state index in [1.54, 1.807) is 0 Å². The fourth-order valence-corrected chi connectivity index (χ4v) is 2.79. The Balaban J connectivity index is 1.51. The van der Waals surface area contributed by atoms with E-state index in [9.17, 15) is 4.79 Å². The van der Waals surface area contributed by atoms with Crippen molar-refractivity contribution >= 4 is 5.91 Å². The smallest absolute Gasteiger partial charge is 0.243 e. The highest BCUT2D eigenvalue weighted by Crippen LogP contribution is 2.17. The van der Waals surface area contributed by atoms with Crippen molar-refractivity contribution in [1.29, 1.82) is 0 Å². The molecule has 2 aromatic carbocycles. The van der Waals surface area contributed by atoms with Gasteiger partial charge >= 0.3 is 0 Å². The molecule has 0 fully saturated rings. The van der Waals surface area contributed by atoms with Crippen LogP contribution in [0.2, 0.25) is 0 Å². The Morgan fingerprint density at radius 3 is 2.62 bits per heavy atom. The van der Waals surface area contributed by atoms with Crippen LogP contribution in [0.3, 0.4) is 0 Å². The summed E-state index contributed by atoms with van der Waals surface area (Å²) in [5.41, 5.74) is 3.27. The summed E-state index contributed by atoms with van der Waals surface area (Å²) in [6.07, 6.45) is 1.82. The molecule has 0 aliphatic heterocycles. The van der Waals surface area contributed by atoms with E-state index in [0.29, 0.717) is 5.82 Å². The summed E-state index contributed by atoms with van der Waals surface area (Å²) in [5.74, 6) is 0.423. The molecule has 6 heteroatoms. The molecule has 0 aliphatic carbocycles. The third-order valence-electron chi connectivity index (χ3n) is 4.24. The van der Waals surface area contributed by atoms with Gasteiger partial charge in [-0.25, -0.2) is 0 Å². The molecule has 0 saturated carbocycles. The van der Waals surface area contributed by atoms with Gasteiger partial charge in [-0.2, -0.15) is 4.80 Å². The van der Waals surface area contributed by atoms with Gasteiger partial charge in [-0.3, -0.25) is 4.79 Å². The Morgan fingerprint density at radius 1 is 1.12 bits per heavy atom. The molecule has 1 atom stereocenters. The van der Waals surface area contributed by atoms with Crippen LogP contribution in [0, 0.1) is 6.92 Å². The zero-order chi connectivity index (χ0) is 18.4. The maximum absolute atomic E-state index is 12.2. The van der Waals surface area contributed by atoms with E-state index < -0.39 is 0 Å². The molecule has 0 unspecified atom stereocenters. The van der Waals surface area contributed by atoms with E-state index in [2.05, 4.69) is 32.9 Å². The van der Waals surface area contributed by atoms with E-state index in [1.165, 1.54) is 10.4 Å². The number of nitrogens with one attached hydrogen (secondary N) is 1. The molecular weight excluding hydrogens is 326 g/mol. The molecule has 0 radical (unpaired) electrons. The van der Waals surface area contributed by atoms with Crippen LogP contribution in [0.5, 0.6) is 0 Å². The van der Waals surface area contributed by atoms with Gasteiger partial charge in [0.2, 0.25) is 11.7 Å². The number of tetrazole rings is 1. The number of rotatable bonds is 7. The first-order valence-corrected chi connectivity index (χ1v) is 8.79. The minimum atomic E-state index is -0.112. The average molecular weight is 349 g/mol. The lowest BCUT2D eigenvalue weighted by Crippen LogP contribution is -2.35. The zero-order valence-electron chi connectivity index (χ0n) is 15.1. The minimum absolute atomic E-state index is 0.0640. The Labute approximate surface area is 153 Å².